The van der Waals surface area contributed by atoms with Gasteiger partial charge in [-0.3, -0.25) is 0 Å². The van der Waals surface area contributed by atoms with Gasteiger partial charge in [0.15, 0.2) is 0 Å². The molecule has 0 aromatic carbocycles. The van der Waals surface area contributed by atoms with Crippen molar-refractivity contribution >= 4 is 11.8 Å². The molecule has 0 radical (unpaired) electrons. The fourth-order valence-corrected chi connectivity index (χ4v) is 2.28. The number of nitrogens with zero attached hydrogens (tertiary/aromatic N) is 2. The maximum absolute atomic E-state index is 9.52. The van der Waals surface area contributed by atoms with Crippen molar-refractivity contribution in [3.63, 3.8) is 0 Å². The van der Waals surface area contributed by atoms with Crippen LogP contribution in [0.3, 0.4) is 0 Å². The van der Waals surface area contributed by atoms with Crippen molar-refractivity contribution in [2.45, 2.75) is 16.4 Å². The largest absolute Gasteiger partial charge is 0.391 e. The van der Waals surface area contributed by atoms with Crippen LogP contribution in [-0.4, -0.2) is 39.5 Å². The van der Waals surface area contributed by atoms with Crippen LogP contribution in [0.2, 0.25) is 0 Å². The number of aliphatic hydroxyl groups is 1. The van der Waals surface area contributed by atoms with Crippen molar-refractivity contribution in [1.82, 2.24) is 15.3 Å². The lowest BCUT2D eigenvalue weighted by atomic mass is 10.3. The van der Waals surface area contributed by atoms with E-state index < -0.39 is 0 Å². The van der Waals surface area contributed by atoms with Crippen LogP contribution in [0.25, 0.3) is 0 Å². The van der Waals surface area contributed by atoms with E-state index >= 15 is 0 Å². The third-order valence-electron chi connectivity index (χ3n) is 1.96. The Balaban J connectivity index is 1.98. The van der Waals surface area contributed by atoms with E-state index in [1.807, 2.05) is 6.07 Å². The first-order valence-corrected chi connectivity index (χ1v) is 5.05. The summed E-state index contributed by atoms with van der Waals surface area (Å²) in [5.74, 6) is 0. The van der Waals surface area contributed by atoms with E-state index in [0.29, 0.717) is 6.54 Å². The summed E-state index contributed by atoms with van der Waals surface area (Å²) in [7, 11) is 0. The summed E-state index contributed by atoms with van der Waals surface area (Å²) in [5.41, 5.74) is 0. The third-order valence-corrected chi connectivity index (χ3v) is 3.22. The van der Waals surface area contributed by atoms with Crippen LogP contribution < -0.4 is 5.32 Å². The number of hydrogen-bond donors (Lipinski definition) is 2. The Morgan fingerprint density at radius 2 is 2.46 bits per heavy atom. The topological polar surface area (TPSA) is 58.0 Å². The van der Waals surface area contributed by atoms with E-state index in [0.717, 1.165) is 11.6 Å². The minimum Gasteiger partial charge on any atom is -0.391 e. The number of hydrogen-bond acceptors (Lipinski definition) is 5. The molecule has 2 N–H and O–H groups in total. The van der Waals surface area contributed by atoms with Gasteiger partial charge in [-0.05, 0) is 6.07 Å². The van der Waals surface area contributed by atoms with Gasteiger partial charge >= 0.3 is 0 Å². The molecule has 1 fully saturated rings. The average molecular weight is 197 g/mol. The Hall–Kier alpha value is -0.650. The quantitative estimate of drug-likeness (QED) is 0.648. The molecule has 0 spiro atoms. The summed E-state index contributed by atoms with van der Waals surface area (Å²) in [5, 5.41) is 13.8. The molecule has 2 atom stereocenters. The van der Waals surface area contributed by atoms with Gasteiger partial charge < -0.3 is 10.4 Å². The van der Waals surface area contributed by atoms with Gasteiger partial charge in [0.2, 0.25) is 0 Å². The lowest BCUT2D eigenvalue weighted by Gasteiger charge is -2.10. The number of thioether (sulfide) groups is 1. The molecule has 1 aliphatic rings. The van der Waals surface area contributed by atoms with Crippen molar-refractivity contribution in [3.05, 3.63) is 18.6 Å². The first kappa shape index (κ1) is 8.93. The highest BCUT2D eigenvalue weighted by molar-refractivity contribution is 8.00. The zero-order chi connectivity index (χ0) is 9.10. The molecular formula is C8H11N3OS. The molecule has 0 saturated carbocycles. The van der Waals surface area contributed by atoms with Gasteiger partial charge in [-0.25, -0.2) is 9.97 Å². The molecule has 1 aliphatic heterocycles. The summed E-state index contributed by atoms with van der Waals surface area (Å²) < 4.78 is 0. The van der Waals surface area contributed by atoms with Gasteiger partial charge in [-0.15, -0.1) is 0 Å². The Bertz CT molecular complexity index is 269. The number of aromatic nitrogens is 2. The standard InChI is InChI=1S/C8H11N3OS/c12-6-3-10-4-7(6)13-8-1-2-9-5-11-8/h1-2,5-7,10,12H,3-4H2/t6-,7-/m1/s1. The summed E-state index contributed by atoms with van der Waals surface area (Å²) in [4.78, 5) is 7.93. The molecule has 13 heavy (non-hydrogen) atoms. The zero-order valence-corrected chi connectivity index (χ0v) is 7.87. The molecule has 0 bridgehead atoms. The Kier molecular flexibility index (Phi) is 2.77. The lowest BCUT2D eigenvalue weighted by molar-refractivity contribution is 0.201. The monoisotopic (exact) mass is 197 g/mol. The van der Waals surface area contributed by atoms with Crippen molar-refractivity contribution in [2.24, 2.45) is 0 Å². The maximum atomic E-state index is 9.52. The summed E-state index contributed by atoms with van der Waals surface area (Å²) >= 11 is 1.60. The zero-order valence-electron chi connectivity index (χ0n) is 7.05. The second-order valence-corrected chi connectivity index (χ2v) is 4.19. The predicted molar refractivity (Wildman–Crippen MR) is 50.6 cm³/mol. The summed E-state index contributed by atoms with van der Waals surface area (Å²) in [6.07, 6.45) is 2.97. The first-order valence-electron chi connectivity index (χ1n) is 4.18. The van der Waals surface area contributed by atoms with Crippen LogP contribution in [0.1, 0.15) is 0 Å². The van der Waals surface area contributed by atoms with Crippen molar-refractivity contribution in [3.8, 4) is 0 Å². The molecule has 4 nitrogen and oxygen atoms in total. The molecule has 5 heteroatoms. The van der Waals surface area contributed by atoms with Crippen LogP contribution in [0, 0.1) is 0 Å². The second kappa shape index (κ2) is 4.04. The highest BCUT2D eigenvalue weighted by atomic mass is 32.2. The average Bonchev–Trinajstić information content (AvgIpc) is 2.54. The Labute approximate surface area is 80.8 Å². The molecule has 70 valence electrons. The first-order chi connectivity index (χ1) is 6.36. The Morgan fingerprint density at radius 3 is 3.08 bits per heavy atom. The predicted octanol–water partition coefficient (Wildman–Crippen LogP) is -0.0986. The maximum Gasteiger partial charge on any atom is 0.116 e. The Morgan fingerprint density at radius 1 is 1.54 bits per heavy atom. The smallest absolute Gasteiger partial charge is 0.116 e. The van der Waals surface area contributed by atoms with Crippen LogP contribution in [0.15, 0.2) is 23.6 Å². The van der Waals surface area contributed by atoms with E-state index in [9.17, 15) is 5.11 Å². The van der Waals surface area contributed by atoms with E-state index in [-0.39, 0.29) is 11.4 Å². The normalized spacial score (nSPS) is 27.8. The van der Waals surface area contributed by atoms with E-state index in [4.69, 9.17) is 0 Å². The van der Waals surface area contributed by atoms with E-state index in [1.54, 1.807) is 18.0 Å². The second-order valence-electron chi connectivity index (χ2n) is 2.93. The summed E-state index contributed by atoms with van der Waals surface area (Å²) in [6, 6.07) is 1.86. The molecule has 1 aromatic heterocycles. The number of rotatable bonds is 2. The fourth-order valence-electron chi connectivity index (χ4n) is 1.26. The van der Waals surface area contributed by atoms with Crippen molar-refractivity contribution in [2.75, 3.05) is 13.1 Å². The van der Waals surface area contributed by atoms with E-state index in [1.165, 1.54) is 6.33 Å². The molecule has 0 unspecified atom stereocenters. The molecule has 2 heterocycles. The fraction of sp³-hybridized carbons (Fsp3) is 0.500. The van der Waals surface area contributed by atoms with Crippen LogP contribution in [0.4, 0.5) is 0 Å². The number of β-amino-alcohol motifs (C(OH)–C–C–N with tert-alkyl or cyclic N) is 1. The van der Waals surface area contributed by atoms with Crippen molar-refractivity contribution < 1.29 is 5.11 Å². The third kappa shape index (κ3) is 2.18. The van der Waals surface area contributed by atoms with Crippen LogP contribution >= 0.6 is 11.8 Å². The van der Waals surface area contributed by atoms with Gasteiger partial charge in [0, 0.05) is 19.3 Å². The molecule has 1 saturated heterocycles. The van der Waals surface area contributed by atoms with Gasteiger partial charge in [-0.1, -0.05) is 11.8 Å². The highest BCUT2D eigenvalue weighted by Crippen LogP contribution is 2.24. The lowest BCUT2D eigenvalue weighted by Crippen LogP contribution is -2.20. The molecule has 0 amide bonds. The van der Waals surface area contributed by atoms with Gasteiger partial charge in [0.1, 0.15) is 6.33 Å². The SMILES string of the molecule is O[C@@H]1CNC[C@H]1Sc1ccncn1. The van der Waals surface area contributed by atoms with Crippen LogP contribution in [-0.2, 0) is 0 Å². The van der Waals surface area contributed by atoms with E-state index in [2.05, 4.69) is 15.3 Å². The molecule has 1 aromatic rings. The van der Waals surface area contributed by atoms with Gasteiger partial charge in [-0.2, -0.15) is 0 Å². The summed E-state index contributed by atoms with van der Waals surface area (Å²) in [6.45, 7) is 1.53. The van der Waals surface area contributed by atoms with Gasteiger partial charge in [0.25, 0.3) is 0 Å². The molecule has 2 rings (SSSR count). The number of aliphatic hydroxyl groups excluding tert-OH is 1. The molecule has 0 aliphatic carbocycles. The molecular weight excluding hydrogens is 186 g/mol. The number of nitrogens with one attached hydrogen (secondary N) is 1. The minimum absolute atomic E-state index is 0.217. The van der Waals surface area contributed by atoms with Crippen molar-refractivity contribution in [1.29, 1.82) is 0 Å². The highest BCUT2D eigenvalue weighted by Gasteiger charge is 2.25. The van der Waals surface area contributed by atoms with Crippen LogP contribution in [0.5, 0.6) is 0 Å². The minimum atomic E-state index is -0.264. The van der Waals surface area contributed by atoms with Gasteiger partial charge in [0.05, 0.1) is 16.4 Å².